The maximum Gasteiger partial charge on any atom is 0.119 e. The molecule has 3 rings (SSSR count). The number of nitrogen functional groups attached to an aromatic ring is 1. The number of hydrogen-bond acceptors (Lipinski definition) is 6. The minimum atomic E-state index is 0.534. The molecule has 8 heteroatoms. The Morgan fingerprint density at radius 3 is 2.50 bits per heavy atom. The van der Waals surface area contributed by atoms with Crippen LogP contribution in [0.3, 0.4) is 0 Å². The third kappa shape index (κ3) is 1.67. The highest BCUT2D eigenvalue weighted by molar-refractivity contribution is 9.11. The number of halogens is 2. The van der Waals surface area contributed by atoms with Gasteiger partial charge in [0, 0.05) is 32.1 Å². The van der Waals surface area contributed by atoms with Crippen molar-refractivity contribution in [2.75, 3.05) is 5.73 Å². The summed E-state index contributed by atoms with van der Waals surface area (Å²) in [5.74, 6) is 0. The van der Waals surface area contributed by atoms with Crippen molar-refractivity contribution < 1.29 is 0 Å². The summed E-state index contributed by atoms with van der Waals surface area (Å²) in [6.45, 7) is 0. The van der Waals surface area contributed by atoms with Gasteiger partial charge < -0.3 is 5.73 Å². The molecule has 0 aliphatic carbocycles. The molecule has 0 saturated carbocycles. The molecule has 2 aromatic carbocycles. The van der Waals surface area contributed by atoms with Crippen LogP contribution in [0.4, 0.5) is 11.4 Å². The van der Waals surface area contributed by atoms with Crippen molar-refractivity contribution in [3.8, 4) is 0 Å². The Labute approximate surface area is 128 Å². The van der Waals surface area contributed by atoms with Gasteiger partial charge in [-0.15, -0.1) is 0 Å². The molecule has 0 radical (unpaired) electrons. The van der Waals surface area contributed by atoms with Crippen molar-refractivity contribution in [3.63, 3.8) is 0 Å². The monoisotopic (exact) mass is 402 g/mol. The van der Waals surface area contributed by atoms with Gasteiger partial charge in [0.15, 0.2) is 0 Å². The third-order valence-corrected chi connectivity index (χ3v) is 4.63. The Balaban J connectivity index is 2.64. The van der Waals surface area contributed by atoms with Crippen molar-refractivity contribution in [1.82, 2.24) is 8.75 Å². The Morgan fingerprint density at radius 2 is 1.78 bits per heavy atom. The maximum atomic E-state index is 5.97. The summed E-state index contributed by atoms with van der Waals surface area (Å²) < 4.78 is 14.0. The quantitative estimate of drug-likeness (QED) is 0.614. The number of benzene rings is 2. The second kappa shape index (κ2) is 4.44. The summed E-state index contributed by atoms with van der Waals surface area (Å²) in [5.41, 5.74) is 8.75. The first kappa shape index (κ1) is 12.3. The molecule has 18 heavy (non-hydrogen) atoms. The highest BCUT2D eigenvalue weighted by Gasteiger charge is 2.15. The lowest BCUT2D eigenvalue weighted by Crippen LogP contribution is -1.90. The van der Waals surface area contributed by atoms with Crippen molar-refractivity contribution >= 4 is 89.2 Å². The Kier molecular flexibility index (Phi) is 3.05. The predicted molar refractivity (Wildman–Crippen MR) is 84.2 cm³/mol. The lowest BCUT2D eigenvalue weighted by molar-refractivity contribution is 1.57. The summed E-state index contributed by atoms with van der Waals surface area (Å²) in [7, 11) is 0. The molecule has 1 heterocycles. The van der Waals surface area contributed by atoms with Crippen LogP contribution in [-0.2, 0) is 12.4 Å². The van der Waals surface area contributed by atoms with E-state index in [0.717, 1.165) is 30.8 Å². The number of nitrogens with two attached hydrogens (primary N) is 1. The molecule has 1 aromatic heterocycles. The van der Waals surface area contributed by atoms with Gasteiger partial charge in [-0.3, -0.25) is 0 Å². The number of rotatable bonds is 1. The molecule has 0 unspecified atom stereocenters. The van der Waals surface area contributed by atoms with Crippen LogP contribution in [0.2, 0.25) is 0 Å². The minimum Gasteiger partial charge on any atom is -0.396 e. The van der Waals surface area contributed by atoms with Crippen LogP contribution in [0, 0.1) is 0 Å². The topological polar surface area (TPSA) is 64.2 Å². The first-order chi connectivity index (χ1) is 8.63. The molecule has 0 bridgehead atoms. The molecular weight excluding hydrogens is 400 g/mol. The molecule has 0 aliphatic heterocycles. The Bertz CT molecular complexity index is 800. The summed E-state index contributed by atoms with van der Waals surface area (Å²) in [6, 6.07) is 3.85. The van der Waals surface area contributed by atoms with Crippen molar-refractivity contribution in [2.45, 2.75) is 0 Å². The summed E-state index contributed by atoms with van der Waals surface area (Å²) in [4.78, 5) is 0. The van der Waals surface area contributed by atoms with E-state index in [2.05, 4.69) is 45.0 Å². The highest BCUT2D eigenvalue weighted by Crippen LogP contribution is 2.42. The van der Waals surface area contributed by atoms with E-state index in [1.165, 1.54) is 11.7 Å². The van der Waals surface area contributed by atoms with Gasteiger partial charge in [0.2, 0.25) is 0 Å². The van der Waals surface area contributed by atoms with Gasteiger partial charge in [-0.1, -0.05) is 0 Å². The first-order valence-corrected chi connectivity index (χ1v) is 7.47. The first-order valence-electron chi connectivity index (χ1n) is 4.79. The van der Waals surface area contributed by atoms with Gasteiger partial charge in [-0.2, -0.15) is 13.1 Å². The molecule has 3 aromatic rings. The minimum absolute atomic E-state index is 0.534. The third-order valence-electron chi connectivity index (χ3n) is 2.66. The zero-order chi connectivity index (χ0) is 12.9. The average molecular weight is 404 g/mol. The molecule has 0 atom stereocenters. The van der Waals surface area contributed by atoms with Crippen LogP contribution in [-0.4, -0.2) is 8.75 Å². The van der Waals surface area contributed by atoms with E-state index >= 15 is 0 Å². The lowest BCUT2D eigenvalue weighted by atomic mass is 10.1. The molecular formula is C10H4Br2N4S2. The molecule has 0 amide bonds. The van der Waals surface area contributed by atoms with Crippen molar-refractivity contribution in [2.24, 2.45) is 4.36 Å². The fourth-order valence-corrected chi connectivity index (χ4v) is 3.64. The SMILES string of the molecule is Nc1c(Br)cc2c(cc(Br)c3nsnc32)c1N=S. The second-order valence-electron chi connectivity index (χ2n) is 3.63. The van der Waals surface area contributed by atoms with Crippen LogP contribution in [0.1, 0.15) is 0 Å². The largest absolute Gasteiger partial charge is 0.396 e. The van der Waals surface area contributed by atoms with Crippen molar-refractivity contribution in [1.29, 1.82) is 0 Å². The molecule has 4 nitrogen and oxygen atoms in total. The van der Waals surface area contributed by atoms with E-state index in [9.17, 15) is 0 Å². The number of anilines is 1. The Morgan fingerprint density at radius 1 is 1.11 bits per heavy atom. The van der Waals surface area contributed by atoms with Crippen LogP contribution < -0.4 is 5.73 Å². The molecule has 0 spiro atoms. The smallest absolute Gasteiger partial charge is 0.119 e. The number of aromatic nitrogens is 2. The predicted octanol–water partition coefficient (Wildman–Crippen LogP) is 4.31. The van der Waals surface area contributed by atoms with Gasteiger partial charge in [0.05, 0.1) is 17.4 Å². The summed E-state index contributed by atoms with van der Waals surface area (Å²) >= 11 is 12.9. The summed E-state index contributed by atoms with van der Waals surface area (Å²) in [5, 5.41) is 1.81. The van der Waals surface area contributed by atoms with Crippen LogP contribution in [0.5, 0.6) is 0 Å². The second-order valence-corrected chi connectivity index (χ2v) is 6.05. The fraction of sp³-hybridized carbons (Fsp3) is 0. The molecule has 0 aliphatic rings. The van der Waals surface area contributed by atoms with Gasteiger partial charge in [-0.25, -0.2) is 0 Å². The van der Waals surface area contributed by atoms with E-state index in [-0.39, 0.29) is 0 Å². The number of nitrogens with zero attached hydrogens (tertiary/aromatic N) is 3. The fourth-order valence-electron chi connectivity index (χ4n) is 1.83. The maximum absolute atomic E-state index is 5.97. The van der Waals surface area contributed by atoms with Crippen molar-refractivity contribution in [3.05, 3.63) is 21.1 Å². The van der Waals surface area contributed by atoms with Crippen LogP contribution in [0.25, 0.3) is 21.8 Å². The molecule has 2 N–H and O–H groups in total. The van der Waals surface area contributed by atoms with Gasteiger partial charge in [0.1, 0.15) is 16.7 Å². The lowest BCUT2D eigenvalue weighted by Gasteiger charge is -2.08. The summed E-state index contributed by atoms with van der Waals surface area (Å²) in [6.07, 6.45) is 0. The van der Waals surface area contributed by atoms with Gasteiger partial charge >= 0.3 is 0 Å². The number of fused-ring (bicyclic) bond motifs is 3. The molecule has 0 fully saturated rings. The van der Waals surface area contributed by atoms with Gasteiger partial charge in [-0.05, 0) is 44.0 Å². The Hall–Kier alpha value is -0.700. The average Bonchev–Trinajstić information content (AvgIpc) is 2.82. The standard InChI is InChI=1S/C10H4Br2N4S2/c11-5-1-4-3(8(14-17)7(5)13)2-6(12)10-9(4)15-18-16-10/h1-2H,13H2. The van der Waals surface area contributed by atoms with Gasteiger partial charge in [0.25, 0.3) is 0 Å². The van der Waals surface area contributed by atoms with E-state index in [1.807, 2.05) is 12.1 Å². The zero-order valence-electron chi connectivity index (χ0n) is 8.65. The molecule has 0 saturated heterocycles. The number of hydrogen-bond donors (Lipinski definition) is 1. The van der Waals surface area contributed by atoms with Crippen LogP contribution in [0.15, 0.2) is 25.4 Å². The van der Waals surface area contributed by atoms with E-state index in [4.69, 9.17) is 18.2 Å². The molecule has 90 valence electrons. The highest BCUT2D eigenvalue weighted by atomic mass is 79.9. The van der Waals surface area contributed by atoms with E-state index < -0.39 is 0 Å². The normalized spacial score (nSPS) is 11.2. The van der Waals surface area contributed by atoms with E-state index in [1.54, 1.807) is 0 Å². The van der Waals surface area contributed by atoms with Crippen LogP contribution >= 0.6 is 43.6 Å². The zero-order valence-corrected chi connectivity index (χ0v) is 13.5. The van der Waals surface area contributed by atoms with E-state index in [0.29, 0.717) is 11.4 Å².